The van der Waals surface area contributed by atoms with Gasteiger partial charge in [-0.2, -0.15) is 0 Å². The molecule has 0 saturated carbocycles. The van der Waals surface area contributed by atoms with E-state index in [9.17, 15) is 4.79 Å². The van der Waals surface area contributed by atoms with Crippen LogP contribution in [-0.2, 0) is 13.5 Å². The highest BCUT2D eigenvalue weighted by Gasteiger charge is 2.09. The first-order valence-corrected chi connectivity index (χ1v) is 5.57. The number of imidazole rings is 1. The molecule has 1 aromatic carbocycles. The molecular formula is C13H15N3O. The second-order valence-electron chi connectivity index (χ2n) is 3.89. The highest BCUT2D eigenvalue weighted by atomic mass is 16.1. The van der Waals surface area contributed by atoms with E-state index in [1.54, 1.807) is 24.1 Å². The first-order chi connectivity index (χ1) is 8.20. The molecule has 0 aliphatic rings. The maximum atomic E-state index is 11.9. The van der Waals surface area contributed by atoms with Gasteiger partial charge in [0.2, 0.25) is 0 Å². The summed E-state index contributed by atoms with van der Waals surface area (Å²) in [6, 6.07) is 7.85. The smallest absolute Gasteiger partial charge is 0.273 e. The lowest BCUT2D eigenvalue weighted by Gasteiger charge is -2.06. The van der Waals surface area contributed by atoms with Gasteiger partial charge in [-0.05, 0) is 24.1 Å². The Hall–Kier alpha value is -2.10. The minimum Gasteiger partial charge on any atom is -0.330 e. The molecule has 1 aromatic heterocycles. The zero-order valence-electron chi connectivity index (χ0n) is 9.97. The predicted octanol–water partition coefficient (Wildman–Crippen LogP) is 2.23. The number of carbonyl (C=O) groups excluding carboxylic acids is 1. The average molecular weight is 229 g/mol. The van der Waals surface area contributed by atoms with Crippen LogP contribution in [0.2, 0.25) is 0 Å². The number of hydrogen-bond donors (Lipinski definition) is 1. The summed E-state index contributed by atoms with van der Waals surface area (Å²) in [4.78, 5) is 15.8. The maximum Gasteiger partial charge on any atom is 0.273 e. The van der Waals surface area contributed by atoms with Gasteiger partial charge in [0.1, 0.15) is 5.69 Å². The lowest BCUT2D eigenvalue weighted by Crippen LogP contribution is -2.15. The summed E-state index contributed by atoms with van der Waals surface area (Å²) in [7, 11) is 1.79. The molecule has 0 fully saturated rings. The van der Waals surface area contributed by atoms with E-state index in [4.69, 9.17) is 0 Å². The summed E-state index contributed by atoms with van der Waals surface area (Å²) < 4.78 is 1.69. The minimum atomic E-state index is -0.144. The van der Waals surface area contributed by atoms with E-state index in [1.807, 2.05) is 24.3 Å². The summed E-state index contributed by atoms with van der Waals surface area (Å²) in [5, 5.41) is 2.84. The second-order valence-corrected chi connectivity index (χ2v) is 3.89. The number of rotatable bonds is 3. The van der Waals surface area contributed by atoms with Crippen LogP contribution in [0.1, 0.15) is 23.0 Å². The molecule has 0 spiro atoms. The van der Waals surface area contributed by atoms with Crippen molar-refractivity contribution in [2.75, 3.05) is 5.32 Å². The van der Waals surface area contributed by atoms with Crippen molar-refractivity contribution < 1.29 is 4.79 Å². The van der Waals surface area contributed by atoms with E-state index in [0.29, 0.717) is 5.69 Å². The van der Waals surface area contributed by atoms with E-state index >= 15 is 0 Å². The van der Waals surface area contributed by atoms with Gasteiger partial charge in [0.25, 0.3) is 5.91 Å². The summed E-state index contributed by atoms with van der Waals surface area (Å²) in [5.41, 5.74) is 2.60. The van der Waals surface area contributed by atoms with Crippen LogP contribution in [0.4, 0.5) is 5.69 Å². The van der Waals surface area contributed by atoms with Crippen molar-refractivity contribution in [1.29, 1.82) is 0 Å². The van der Waals surface area contributed by atoms with Crippen molar-refractivity contribution in [3.8, 4) is 0 Å². The van der Waals surface area contributed by atoms with Crippen molar-refractivity contribution >= 4 is 11.6 Å². The average Bonchev–Trinajstić information content (AvgIpc) is 2.76. The second kappa shape index (κ2) is 4.82. The quantitative estimate of drug-likeness (QED) is 0.877. The van der Waals surface area contributed by atoms with Crippen LogP contribution < -0.4 is 5.32 Å². The Morgan fingerprint density at radius 2 is 2.06 bits per heavy atom. The number of nitrogens with one attached hydrogen (secondary N) is 1. The van der Waals surface area contributed by atoms with Crippen LogP contribution in [0.3, 0.4) is 0 Å². The molecule has 1 heterocycles. The number of carbonyl (C=O) groups is 1. The van der Waals surface area contributed by atoms with Gasteiger partial charge in [0.05, 0.1) is 12.5 Å². The van der Waals surface area contributed by atoms with Gasteiger partial charge >= 0.3 is 0 Å². The molecule has 0 bridgehead atoms. The molecule has 17 heavy (non-hydrogen) atoms. The van der Waals surface area contributed by atoms with Crippen LogP contribution >= 0.6 is 0 Å². The van der Waals surface area contributed by atoms with Crippen LogP contribution in [0.5, 0.6) is 0 Å². The Kier molecular flexibility index (Phi) is 3.23. The zero-order valence-corrected chi connectivity index (χ0v) is 9.97. The van der Waals surface area contributed by atoms with Gasteiger partial charge in [0, 0.05) is 12.7 Å². The highest BCUT2D eigenvalue weighted by molar-refractivity contribution is 6.02. The number of hydrogen-bond acceptors (Lipinski definition) is 2. The Balaban J connectivity index is 2.10. The number of amides is 1. The van der Waals surface area contributed by atoms with Gasteiger partial charge in [-0.25, -0.2) is 4.98 Å². The van der Waals surface area contributed by atoms with Gasteiger partial charge in [0.15, 0.2) is 0 Å². The van der Waals surface area contributed by atoms with Crippen molar-refractivity contribution in [2.45, 2.75) is 13.3 Å². The standard InChI is InChI=1S/C13H15N3O/c1-3-10-4-6-11(7-5-10)15-13(17)12-8-14-9-16(12)2/h4-9H,3H2,1-2H3,(H,15,17). The Morgan fingerprint density at radius 3 is 2.59 bits per heavy atom. The van der Waals surface area contributed by atoms with E-state index < -0.39 is 0 Å². The largest absolute Gasteiger partial charge is 0.330 e. The molecule has 1 amide bonds. The highest BCUT2D eigenvalue weighted by Crippen LogP contribution is 2.11. The van der Waals surface area contributed by atoms with Crippen LogP contribution in [0.15, 0.2) is 36.8 Å². The predicted molar refractivity (Wildman–Crippen MR) is 67.0 cm³/mol. The molecule has 1 N–H and O–H groups in total. The lowest BCUT2D eigenvalue weighted by molar-refractivity contribution is 0.101. The normalized spacial score (nSPS) is 10.2. The molecule has 0 atom stereocenters. The number of benzene rings is 1. The van der Waals surface area contributed by atoms with Gasteiger partial charge in [-0.15, -0.1) is 0 Å². The zero-order chi connectivity index (χ0) is 12.3. The summed E-state index contributed by atoms with van der Waals surface area (Å²) in [6.45, 7) is 2.10. The van der Waals surface area contributed by atoms with Crippen molar-refractivity contribution in [3.63, 3.8) is 0 Å². The molecule has 0 radical (unpaired) electrons. The summed E-state index contributed by atoms with van der Waals surface area (Å²) in [6.07, 6.45) is 4.15. The Bertz CT molecular complexity index is 514. The fourth-order valence-corrected chi connectivity index (χ4v) is 1.59. The minimum absolute atomic E-state index is 0.144. The van der Waals surface area contributed by atoms with Crippen molar-refractivity contribution in [1.82, 2.24) is 9.55 Å². The topological polar surface area (TPSA) is 46.9 Å². The Morgan fingerprint density at radius 1 is 1.35 bits per heavy atom. The monoisotopic (exact) mass is 229 g/mol. The first kappa shape index (κ1) is 11.4. The molecule has 0 unspecified atom stereocenters. The summed E-state index contributed by atoms with van der Waals surface area (Å²) in [5.74, 6) is -0.144. The molecule has 0 aliphatic heterocycles. The van der Waals surface area contributed by atoms with Crippen LogP contribution in [-0.4, -0.2) is 15.5 Å². The molecule has 0 aliphatic carbocycles. The van der Waals surface area contributed by atoms with Gasteiger partial charge in [-0.3, -0.25) is 4.79 Å². The van der Waals surface area contributed by atoms with Gasteiger partial charge < -0.3 is 9.88 Å². The third kappa shape index (κ3) is 2.53. The number of aryl methyl sites for hydroxylation is 2. The fraction of sp³-hybridized carbons (Fsp3) is 0.231. The van der Waals surface area contributed by atoms with E-state index in [1.165, 1.54) is 5.56 Å². The molecular weight excluding hydrogens is 214 g/mol. The lowest BCUT2D eigenvalue weighted by atomic mass is 10.1. The summed E-state index contributed by atoms with van der Waals surface area (Å²) >= 11 is 0. The molecule has 4 heteroatoms. The molecule has 2 rings (SSSR count). The first-order valence-electron chi connectivity index (χ1n) is 5.57. The number of anilines is 1. The number of aromatic nitrogens is 2. The maximum absolute atomic E-state index is 11.9. The fourth-order valence-electron chi connectivity index (χ4n) is 1.59. The molecule has 2 aromatic rings. The molecule has 0 saturated heterocycles. The van der Waals surface area contributed by atoms with Crippen molar-refractivity contribution in [3.05, 3.63) is 48.0 Å². The third-order valence-corrected chi connectivity index (χ3v) is 2.67. The van der Waals surface area contributed by atoms with Crippen LogP contribution in [0, 0.1) is 0 Å². The SMILES string of the molecule is CCc1ccc(NC(=O)c2cncn2C)cc1. The van der Waals surface area contributed by atoms with Crippen molar-refractivity contribution in [2.24, 2.45) is 7.05 Å². The van der Waals surface area contributed by atoms with E-state index in [2.05, 4.69) is 17.2 Å². The molecule has 88 valence electrons. The van der Waals surface area contributed by atoms with E-state index in [0.717, 1.165) is 12.1 Å². The Labute approximate surface area is 100 Å². The van der Waals surface area contributed by atoms with Crippen LogP contribution in [0.25, 0.3) is 0 Å². The third-order valence-electron chi connectivity index (χ3n) is 2.67. The van der Waals surface area contributed by atoms with Gasteiger partial charge in [-0.1, -0.05) is 19.1 Å². The molecule has 4 nitrogen and oxygen atoms in total. The number of nitrogens with zero attached hydrogens (tertiary/aromatic N) is 2. The van der Waals surface area contributed by atoms with E-state index in [-0.39, 0.29) is 5.91 Å².